The molecule has 114 valence electrons. The molecule has 0 unspecified atom stereocenters. The third kappa shape index (κ3) is 4.45. The number of sulfonamides is 1. The SMILES string of the molecule is CSc1ccc([C@H](O)CNS(=O)(=O)c2ccc(Cl)s2)cc1. The molecule has 1 aromatic carbocycles. The van der Waals surface area contributed by atoms with Crippen LogP contribution < -0.4 is 4.72 Å². The molecular formula is C13H14ClNO3S3. The fourth-order valence-electron chi connectivity index (χ4n) is 1.65. The van der Waals surface area contributed by atoms with Crippen LogP contribution in [0, 0.1) is 0 Å². The molecule has 0 bridgehead atoms. The first-order valence-electron chi connectivity index (χ1n) is 5.99. The summed E-state index contributed by atoms with van der Waals surface area (Å²) in [4.78, 5) is 1.08. The van der Waals surface area contributed by atoms with Gasteiger partial charge in [0.2, 0.25) is 10.0 Å². The van der Waals surface area contributed by atoms with E-state index in [0.29, 0.717) is 9.90 Å². The first kappa shape index (κ1) is 16.8. The number of rotatable bonds is 6. The molecule has 21 heavy (non-hydrogen) atoms. The van der Waals surface area contributed by atoms with Gasteiger partial charge in [-0.1, -0.05) is 23.7 Å². The molecule has 0 saturated heterocycles. The summed E-state index contributed by atoms with van der Waals surface area (Å²) in [7, 11) is -3.64. The van der Waals surface area contributed by atoms with Crippen molar-refractivity contribution in [3.8, 4) is 0 Å². The van der Waals surface area contributed by atoms with Crippen molar-refractivity contribution < 1.29 is 13.5 Å². The smallest absolute Gasteiger partial charge is 0.250 e. The molecule has 0 aliphatic heterocycles. The van der Waals surface area contributed by atoms with Gasteiger partial charge in [0.15, 0.2) is 0 Å². The van der Waals surface area contributed by atoms with Gasteiger partial charge in [-0.15, -0.1) is 23.1 Å². The second kappa shape index (κ2) is 7.13. The summed E-state index contributed by atoms with van der Waals surface area (Å²) in [6, 6.07) is 10.3. The van der Waals surface area contributed by atoms with Gasteiger partial charge in [0, 0.05) is 11.4 Å². The number of nitrogens with one attached hydrogen (secondary N) is 1. The molecule has 1 aromatic heterocycles. The van der Waals surface area contributed by atoms with E-state index in [-0.39, 0.29) is 10.8 Å². The van der Waals surface area contributed by atoms with Gasteiger partial charge in [-0.25, -0.2) is 13.1 Å². The van der Waals surface area contributed by atoms with Crippen LogP contribution >= 0.6 is 34.7 Å². The number of thiophene rings is 1. The normalized spacial score (nSPS) is 13.3. The molecule has 2 N–H and O–H groups in total. The zero-order chi connectivity index (χ0) is 15.5. The van der Waals surface area contributed by atoms with Gasteiger partial charge in [0.25, 0.3) is 0 Å². The van der Waals surface area contributed by atoms with Crippen molar-refractivity contribution >= 4 is 44.7 Å². The van der Waals surface area contributed by atoms with Crippen LogP contribution in [0.15, 0.2) is 45.5 Å². The molecule has 0 amide bonds. The minimum atomic E-state index is -3.64. The van der Waals surface area contributed by atoms with Gasteiger partial charge in [-0.3, -0.25) is 0 Å². The minimum Gasteiger partial charge on any atom is -0.387 e. The van der Waals surface area contributed by atoms with Gasteiger partial charge in [0.05, 0.1) is 10.4 Å². The summed E-state index contributed by atoms with van der Waals surface area (Å²) in [5, 5.41) is 10.0. The zero-order valence-electron chi connectivity index (χ0n) is 11.1. The van der Waals surface area contributed by atoms with Gasteiger partial charge < -0.3 is 5.11 Å². The molecule has 1 atom stereocenters. The van der Waals surface area contributed by atoms with E-state index >= 15 is 0 Å². The Kier molecular flexibility index (Phi) is 5.70. The number of aliphatic hydroxyl groups excluding tert-OH is 1. The summed E-state index contributed by atoms with van der Waals surface area (Å²) < 4.78 is 26.9. The predicted octanol–water partition coefficient (Wildman–Crippen LogP) is 3.14. The van der Waals surface area contributed by atoms with E-state index in [1.807, 2.05) is 18.4 Å². The summed E-state index contributed by atoms with van der Waals surface area (Å²) in [5.41, 5.74) is 0.666. The van der Waals surface area contributed by atoms with Crippen molar-refractivity contribution in [1.82, 2.24) is 4.72 Å². The third-order valence-electron chi connectivity index (χ3n) is 2.78. The quantitative estimate of drug-likeness (QED) is 0.774. The standard InChI is InChI=1S/C13H14ClNO3S3/c1-19-10-4-2-9(3-5-10)11(16)8-15-21(17,18)13-7-6-12(14)20-13/h2-7,11,15-16H,8H2,1H3/t11-/m1/s1. The lowest BCUT2D eigenvalue weighted by atomic mass is 10.1. The van der Waals surface area contributed by atoms with Crippen molar-refractivity contribution in [2.75, 3.05) is 12.8 Å². The van der Waals surface area contributed by atoms with E-state index in [2.05, 4.69) is 4.72 Å². The van der Waals surface area contributed by atoms with Crippen LogP contribution in [0.2, 0.25) is 4.34 Å². The topological polar surface area (TPSA) is 66.4 Å². The van der Waals surface area contributed by atoms with Crippen LogP contribution in [0.25, 0.3) is 0 Å². The highest BCUT2D eigenvalue weighted by Crippen LogP contribution is 2.25. The summed E-state index contributed by atoms with van der Waals surface area (Å²) >= 11 is 8.31. The van der Waals surface area contributed by atoms with E-state index in [9.17, 15) is 13.5 Å². The van der Waals surface area contributed by atoms with Gasteiger partial charge in [-0.05, 0) is 36.1 Å². The van der Waals surface area contributed by atoms with E-state index in [4.69, 9.17) is 11.6 Å². The summed E-state index contributed by atoms with van der Waals surface area (Å²) in [6.45, 7) is -0.0868. The molecule has 0 spiro atoms. The number of hydrogen-bond acceptors (Lipinski definition) is 5. The van der Waals surface area contributed by atoms with E-state index < -0.39 is 16.1 Å². The zero-order valence-corrected chi connectivity index (χ0v) is 14.3. The fraction of sp³-hybridized carbons (Fsp3) is 0.231. The van der Waals surface area contributed by atoms with Crippen LogP contribution in [0.4, 0.5) is 0 Å². The van der Waals surface area contributed by atoms with E-state index in [1.165, 1.54) is 12.1 Å². The van der Waals surface area contributed by atoms with Crippen molar-refractivity contribution in [3.63, 3.8) is 0 Å². The van der Waals surface area contributed by atoms with Gasteiger partial charge in [0.1, 0.15) is 4.21 Å². The average molecular weight is 364 g/mol. The minimum absolute atomic E-state index is 0.0868. The Morgan fingerprint density at radius 1 is 1.29 bits per heavy atom. The Morgan fingerprint density at radius 3 is 2.48 bits per heavy atom. The molecule has 8 heteroatoms. The van der Waals surface area contributed by atoms with Gasteiger partial charge >= 0.3 is 0 Å². The highest BCUT2D eigenvalue weighted by molar-refractivity contribution is 7.98. The number of benzene rings is 1. The molecule has 0 aliphatic carbocycles. The molecule has 2 rings (SSSR count). The molecule has 0 saturated carbocycles. The lowest BCUT2D eigenvalue weighted by molar-refractivity contribution is 0.182. The number of thioether (sulfide) groups is 1. The number of hydrogen-bond donors (Lipinski definition) is 2. The van der Waals surface area contributed by atoms with Crippen molar-refractivity contribution in [2.45, 2.75) is 15.2 Å². The maximum absolute atomic E-state index is 12.0. The first-order valence-corrected chi connectivity index (χ1v) is 9.89. The number of aliphatic hydroxyl groups is 1. The van der Waals surface area contributed by atoms with Crippen molar-refractivity contribution in [2.24, 2.45) is 0 Å². The third-order valence-corrected chi connectivity index (χ3v) is 6.67. The van der Waals surface area contributed by atoms with Crippen LogP contribution in [0.1, 0.15) is 11.7 Å². The molecule has 2 aromatic rings. The molecule has 0 fully saturated rings. The highest BCUT2D eigenvalue weighted by Gasteiger charge is 2.18. The van der Waals surface area contributed by atoms with Gasteiger partial charge in [-0.2, -0.15) is 0 Å². The first-order chi connectivity index (χ1) is 9.92. The van der Waals surface area contributed by atoms with Crippen molar-refractivity contribution in [3.05, 3.63) is 46.3 Å². The molecule has 4 nitrogen and oxygen atoms in total. The Bertz CT molecular complexity index is 698. The largest absolute Gasteiger partial charge is 0.387 e. The lowest BCUT2D eigenvalue weighted by Crippen LogP contribution is -2.28. The molecule has 1 heterocycles. The average Bonchev–Trinajstić information content (AvgIpc) is 2.92. The molecule has 0 radical (unpaired) electrons. The van der Waals surface area contributed by atoms with E-state index in [1.54, 1.807) is 23.9 Å². The Balaban J connectivity index is 2.01. The molecule has 0 aliphatic rings. The Labute approximate surface area is 137 Å². The second-order valence-corrected chi connectivity index (χ2v) is 8.79. The van der Waals surface area contributed by atoms with E-state index in [0.717, 1.165) is 16.2 Å². The van der Waals surface area contributed by atoms with Crippen molar-refractivity contribution in [1.29, 1.82) is 0 Å². The highest BCUT2D eigenvalue weighted by atomic mass is 35.5. The monoisotopic (exact) mass is 363 g/mol. The Morgan fingerprint density at radius 2 is 1.95 bits per heavy atom. The predicted molar refractivity (Wildman–Crippen MR) is 87.7 cm³/mol. The maximum Gasteiger partial charge on any atom is 0.250 e. The van der Waals surface area contributed by atoms with Crippen LogP contribution in [0.3, 0.4) is 0 Å². The van der Waals surface area contributed by atoms with Crippen LogP contribution in [-0.2, 0) is 10.0 Å². The second-order valence-electron chi connectivity index (χ2n) is 4.20. The van der Waals surface area contributed by atoms with Crippen LogP contribution in [0.5, 0.6) is 0 Å². The summed E-state index contributed by atoms with van der Waals surface area (Å²) in [5.74, 6) is 0. The fourth-order valence-corrected chi connectivity index (χ4v) is 4.62. The lowest BCUT2D eigenvalue weighted by Gasteiger charge is -2.12. The maximum atomic E-state index is 12.0. The Hall–Kier alpha value is -0.570. The van der Waals surface area contributed by atoms with Crippen LogP contribution in [-0.4, -0.2) is 26.3 Å². The molecular weight excluding hydrogens is 350 g/mol. The summed E-state index contributed by atoms with van der Waals surface area (Å²) in [6.07, 6.45) is 1.07. The number of halogens is 1.